The van der Waals surface area contributed by atoms with Gasteiger partial charge in [-0.1, -0.05) is 12.1 Å². The number of amides is 1. The number of rotatable bonds is 7. The summed E-state index contributed by atoms with van der Waals surface area (Å²) >= 11 is 0. The van der Waals surface area contributed by atoms with Crippen molar-refractivity contribution >= 4 is 16.9 Å². The fourth-order valence-corrected chi connectivity index (χ4v) is 3.02. The van der Waals surface area contributed by atoms with Gasteiger partial charge < -0.3 is 15.2 Å². The smallest absolute Gasteiger partial charge is 0.410 e. The number of aliphatic hydroxyl groups excluding tert-OH is 1. The number of alkyl halides is 5. The molecule has 2 aromatic heterocycles. The highest BCUT2D eigenvalue weighted by molar-refractivity contribution is 5.99. The molecule has 0 spiro atoms. The molecular formula is C20H19F5N4O3. The van der Waals surface area contributed by atoms with E-state index in [1.165, 1.54) is 28.9 Å². The van der Waals surface area contributed by atoms with Gasteiger partial charge in [0.2, 0.25) is 0 Å². The maximum Gasteiger partial charge on any atom is 0.410 e. The van der Waals surface area contributed by atoms with Gasteiger partial charge in [-0.3, -0.25) is 14.5 Å². The van der Waals surface area contributed by atoms with Crippen LogP contribution in [0.4, 0.5) is 22.0 Å². The van der Waals surface area contributed by atoms with Gasteiger partial charge in [-0.25, -0.2) is 0 Å². The van der Waals surface area contributed by atoms with Crippen molar-refractivity contribution in [3.63, 3.8) is 0 Å². The number of carbonyl (C=O) groups is 1. The van der Waals surface area contributed by atoms with Crippen LogP contribution in [-0.4, -0.2) is 51.2 Å². The lowest BCUT2D eigenvalue weighted by molar-refractivity contribution is -0.161. The van der Waals surface area contributed by atoms with Gasteiger partial charge in [0, 0.05) is 17.8 Å². The lowest BCUT2D eigenvalue weighted by Crippen LogP contribution is -2.47. The summed E-state index contributed by atoms with van der Waals surface area (Å²) < 4.78 is 69.6. The Kier molecular flexibility index (Phi) is 6.63. The van der Waals surface area contributed by atoms with E-state index in [0.717, 1.165) is 6.20 Å². The zero-order chi connectivity index (χ0) is 23.6. The summed E-state index contributed by atoms with van der Waals surface area (Å²) in [6.07, 6.45) is -3.74. The Hall–Kier alpha value is -3.28. The second-order valence-corrected chi connectivity index (χ2v) is 7.14. The van der Waals surface area contributed by atoms with E-state index in [1.54, 1.807) is 25.2 Å². The van der Waals surface area contributed by atoms with Crippen molar-refractivity contribution in [2.45, 2.75) is 38.7 Å². The number of ether oxygens (including phenoxy) is 1. The maximum atomic E-state index is 12.9. The molecule has 0 bridgehead atoms. The summed E-state index contributed by atoms with van der Waals surface area (Å²) in [6.45, 7) is -0.722. The largest absolute Gasteiger partial charge is 0.435 e. The monoisotopic (exact) mass is 458 g/mol. The average molecular weight is 458 g/mol. The van der Waals surface area contributed by atoms with Gasteiger partial charge in [0.15, 0.2) is 0 Å². The highest BCUT2D eigenvalue weighted by Gasteiger charge is 2.40. The van der Waals surface area contributed by atoms with Crippen LogP contribution in [0.15, 0.2) is 36.5 Å². The number of nitrogens with zero attached hydrogens (tertiary/aromatic N) is 3. The Morgan fingerprint density at radius 1 is 1.25 bits per heavy atom. The molecule has 0 aliphatic rings. The van der Waals surface area contributed by atoms with Crippen LogP contribution in [0, 0.1) is 0 Å². The first-order valence-corrected chi connectivity index (χ1v) is 9.43. The molecule has 0 saturated carbocycles. The number of pyridine rings is 1. The Morgan fingerprint density at radius 2 is 1.97 bits per heavy atom. The molecule has 172 valence electrons. The summed E-state index contributed by atoms with van der Waals surface area (Å²) in [6, 6.07) is 4.52. The van der Waals surface area contributed by atoms with Crippen LogP contribution in [0.25, 0.3) is 22.3 Å². The van der Waals surface area contributed by atoms with E-state index in [0.29, 0.717) is 22.3 Å². The molecule has 1 aromatic carbocycles. The van der Waals surface area contributed by atoms with Crippen molar-refractivity contribution in [2.75, 3.05) is 6.61 Å². The third-order valence-electron chi connectivity index (χ3n) is 4.51. The minimum absolute atomic E-state index is 0.0806. The number of aliphatic hydroxyl groups is 1. The highest BCUT2D eigenvalue weighted by Crippen LogP contribution is 2.31. The van der Waals surface area contributed by atoms with Crippen molar-refractivity contribution < 1.29 is 36.6 Å². The van der Waals surface area contributed by atoms with Crippen LogP contribution in [0.3, 0.4) is 0 Å². The zero-order valence-electron chi connectivity index (χ0n) is 16.9. The third kappa shape index (κ3) is 4.96. The molecule has 7 nitrogen and oxygen atoms in total. The van der Waals surface area contributed by atoms with Crippen LogP contribution in [-0.2, 0) is 0 Å². The van der Waals surface area contributed by atoms with E-state index in [2.05, 4.69) is 14.8 Å². The van der Waals surface area contributed by atoms with Crippen molar-refractivity contribution in [3.8, 4) is 17.0 Å². The minimum atomic E-state index is -4.82. The fraction of sp³-hybridized carbons (Fsp3) is 0.350. The number of benzene rings is 1. The Bertz CT molecular complexity index is 1110. The molecule has 3 aromatic rings. The van der Waals surface area contributed by atoms with E-state index in [4.69, 9.17) is 5.11 Å². The van der Waals surface area contributed by atoms with Gasteiger partial charge in [-0.05, 0) is 32.0 Å². The van der Waals surface area contributed by atoms with Crippen molar-refractivity contribution in [1.29, 1.82) is 0 Å². The number of fused-ring (bicyclic) bond motifs is 1. The van der Waals surface area contributed by atoms with E-state index >= 15 is 0 Å². The van der Waals surface area contributed by atoms with Gasteiger partial charge in [0.1, 0.15) is 23.0 Å². The van der Waals surface area contributed by atoms with Crippen molar-refractivity contribution in [3.05, 3.63) is 42.1 Å². The van der Waals surface area contributed by atoms with Gasteiger partial charge >= 0.3 is 12.8 Å². The summed E-state index contributed by atoms with van der Waals surface area (Å²) in [5.41, 5.74) is 1.26. The van der Waals surface area contributed by atoms with Crippen LogP contribution in [0.1, 0.15) is 30.2 Å². The van der Waals surface area contributed by atoms with Crippen LogP contribution in [0.2, 0.25) is 0 Å². The number of nitrogens with one attached hydrogen (secondary N) is 1. The molecule has 1 amide bonds. The maximum absolute atomic E-state index is 12.9. The molecule has 1 unspecified atom stereocenters. The lowest BCUT2D eigenvalue weighted by Gasteiger charge is -2.19. The lowest BCUT2D eigenvalue weighted by atomic mass is 10.1. The van der Waals surface area contributed by atoms with Crippen LogP contribution >= 0.6 is 0 Å². The number of hydrogen-bond acceptors (Lipinski definition) is 5. The average Bonchev–Trinajstić information content (AvgIpc) is 3.09. The Balaban J connectivity index is 2.03. The van der Waals surface area contributed by atoms with Gasteiger partial charge in [0.25, 0.3) is 5.91 Å². The third-order valence-corrected chi connectivity index (χ3v) is 4.51. The quantitative estimate of drug-likeness (QED) is 0.524. The molecule has 2 heterocycles. The molecular weight excluding hydrogens is 439 g/mol. The number of aromatic nitrogens is 3. The first kappa shape index (κ1) is 23.4. The molecule has 0 aliphatic carbocycles. The van der Waals surface area contributed by atoms with Gasteiger partial charge in [0.05, 0.1) is 17.7 Å². The molecule has 2 N–H and O–H groups in total. The van der Waals surface area contributed by atoms with E-state index in [-0.39, 0.29) is 17.4 Å². The molecule has 0 radical (unpaired) electrons. The molecule has 1 atom stereocenters. The first-order chi connectivity index (χ1) is 15.0. The normalized spacial score (nSPS) is 13.1. The summed E-state index contributed by atoms with van der Waals surface area (Å²) in [7, 11) is 0. The molecule has 0 fully saturated rings. The molecule has 0 aliphatic heterocycles. The number of hydrogen-bond donors (Lipinski definition) is 2. The van der Waals surface area contributed by atoms with Crippen molar-refractivity contribution in [1.82, 2.24) is 20.1 Å². The topological polar surface area (TPSA) is 89.3 Å². The Labute approximate surface area is 178 Å². The SMILES string of the molecule is CC(C)n1nc(-c2cccc(OC(F)F)c2)c2ncc(C(=O)NC(CO)C(F)(F)F)cc21. The molecule has 0 saturated heterocycles. The summed E-state index contributed by atoms with van der Waals surface area (Å²) in [5, 5.41) is 15.1. The van der Waals surface area contributed by atoms with Gasteiger partial charge in [-0.15, -0.1) is 0 Å². The van der Waals surface area contributed by atoms with Crippen LogP contribution < -0.4 is 10.1 Å². The van der Waals surface area contributed by atoms with E-state index < -0.39 is 31.3 Å². The minimum Gasteiger partial charge on any atom is -0.435 e. The standard InChI is InChI=1S/C20H19F5N4O3/c1-10(2)29-14-7-12(18(31)27-15(9-30)20(23,24)25)8-26-17(14)16(28-29)11-4-3-5-13(6-11)32-19(21)22/h3-8,10,15,19,30H,9H2,1-2H3,(H,27,31). The van der Waals surface area contributed by atoms with Crippen LogP contribution in [0.5, 0.6) is 5.75 Å². The molecule has 32 heavy (non-hydrogen) atoms. The number of carbonyl (C=O) groups excluding carboxylic acids is 1. The zero-order valence-corrected chi connectivity index (χ0v) is 16.9. The predicted molar refractivity (Wildman–Crippen MR) is 104 cm³/mol. The molecule has 3 rings (SSSR count). The van der Waals surface area contributed by atoms with Gasteiger partial charge in [-0.2, -0.15) is 27.1 Å². The second-order valence-electron chi connectivity index (χ2n) is 7.14. The highest BCUT2D eigenvalue weighted by atomic mass is 19.4. The number of halogens is 5. The van der Waals surface area contributed by atoms with E-state index in [9.17, 15) is 26.7 Å². The Morgan fingerprint density at radius 3 is 2.56 bits per heavy atom. The first-order valence-electron chi connectivity index (χ1n) is 9.43. The fourth-order valence-electron chi connectivity index (χ4n) is 3.02. The predicted octanol–water partition coefficient (Wildman–Crippen LogP) is 3.93. The summed E-state index contributed by atoms with van der Waals surface area (Å²) in [4.78, 5) is 16.5. The second kappa shape index (κ2) is 9.07. The summed E-state index contributed by atoms with van der Waals surface area (Å²) in [5.74, 6) is -1.15. The molecule has 12 heteroatoms. The van der Waals surface area contributed by atoms with Crippen molar-refractivity contribution in [2.24, 2.45) is 0 Å². The van der Waals surface area contributed by atoms with E-state index in [1.807, 2.05) is 0 Å².